The molecule has 18 heavy (non-hydrogen) atoms. The van der Waals surface area contributed by atoms with Crippen molar-refractivity contribution in [2.75, 3.05) is 0 Å². The Labute approximate surface area is 110 Å². The van der Waals surface area contributed by atoms with Crippen molar-refractivity contribution < 1.29 is 9.31 Å². The molecule has 0 N–H and O–H groups in total. The fraction of sp³-hybridized carbons (Fsp3) is 0.467. The third-order valence-electron chi connectivity index (χ3n) is 3.76. The molecule has 3 heteroatoms. The lowest BCUT2D eigenvalue weighted by Gasteiger charge is -2.32. The molecule has 0 saturated carbocycles. The fourth-order valence-corrected chi connectivity index (χ4v) is 1.90. The van der Waals surface area contributed by atoms with E-state index in [-0.39, 0.29) is 18.3 Å². The Morgan fingerprint density at radius 2 is 1.56 bits per heavy atom. The first-order valence-corrected chi connectivity index (χ1v) is 6.47. The molecule has 0 aromatic heterocycles. The zero-order valence-electron chi connectivity index (χ0n) is 11.6. The molecule has 0 atom stereocenters. The lowest BCUT2D eigenvalue weighted by atomic mass is 9.89. The molecule has 0 bridgehead atoms. The molecule has 0 radical (unpaired) electrons. The van der Waals surface area contributed by atoms with E-state index in [1.165, 1.54) is 5.56 Å². The van der Waals surface area contributed by atoms with Gasteiger partial charge < -0.3 is 9.31 Å². The van der Waals surface area contributed by atoms with E-state index in [9.17, 15) is 0 Å². The highest BCUT2D eigenvalue weighted by Crippen LogP contribution is 2.36. The van der Waals surface area contributed by atoms with Crippen LogP contribution < -0.4 is 0 Å². The van der Waals surface area contributed by atoms with E-state index in [1.54, 1.807) is 0 Å². The smallest absolute Gasteiger partial charge is 0.400 e. The first-order valence-electron chi connectivity index (χ1n) is 6.47. The predicted octanol–water partition coefficient (Wildman–Crippen LogP) is 3.42. The van der Waals surface area contributed by atoms with E-state index >= 15 is 0 Å². The summed E-state index contributed by atoms with van der Waals surface area (Å²) in [6, 6.07) is 10.4. The van der Waals surface area contributed by atoms with E-state index in [0.29, 0.717) is 0 Å². The Balaban J connectivity index is 1.92. The molecular formula is C15H21BO2. The van der Waals surface area contributed by atoms with Gasteiger partial charge in [0, 0.05) is 0 Å². The molecule has 0 amide bonds. The maximum atomic E-state index is 5.89. The molecule has 1 aliphatic rings. The summed E-state index contributed by atoms with van der Waals surface area (Å²) in [5, 5.41) is 0. The van der Waals surface area contributed by atoms with Gasteiger partial charge in [-0.2, -0.15) is 0 Å². The van der Waals surface area contributed by atoms with Crippen LogP contribution in [0.2, 0.25) is 0 Å². The highest BCUT2D eigenvalue weighted by atomic mass is 16.7. The topological polar surface area (TPSA) is 18.5 Å². The van der Waals surface area contributed by atoms with Crippen LogP contribution in [-0.4, -0.2) is 18.3 Å². The second-order valence-electron chi connectivity index (χ2n) is 5.74. The Bertz CT molecular complexity index is 407. The molecule has 2 nitrogen and oxygen atoms in total. The third kappa shape index (κ3) is 2.85. The van der Waals surface area contributed by atoms with Gasteiger partial charge in [0.15, 0.2) is 0 Å². The molecule has 96 valence electrons. The van der Waals surface area contributed by atoms with Crippen molar-refractivity contribution in [3.63, 3.8) is 0 Å². The Kier molecular flexibility index (Phi) is 3.65. The van der Waals surface area contributed by atoms with Gasteiger partial charge in [-0.25, -0.2) is 0 Å². The van der Waals surface area contributed by atoms with Crippen LogP contribution in [0.4, 0.5) is 0 Å². The molecule has 1 aliphatic heterocycles. The molecule has 0 unspecified atom stereocenters. The zero-order chi connectivity index (χ0) is 13.2. The normalized spacial score (nSPS) is 21.7. The lowest BCUT2D eigenvalue weighted by molar-refractivity contribution is 0.00578. The second-order valence-corrected chi connectivity index (χ2v) is 5.74. The van der Waals surface area contributed by atoms with Gasteiger partial charge in [0.25, 0.3) is 0 Å². The van der Waals surface area contributed by atoms with Crippen LogP contribution in [0.1, 0.15) is 33.3 Å². The molecular weight excluding hydrogens is 223 g/mol. The summed E-state index contributed by atoms with van der Waals surface area (Å²) in [5.74, 6) is 2.00. The maximum absolute atomic E-state index is 5.89. The predicted molar refractivity (Wildman–Crippen MR) is 75.4 cm³/mol. The average molecular weight is 244 g/mol. The van der Waals surface area contributed by atoms with Crippen molar-refractivity contribution in [3.8, 4) is 0 Å². The monoisotopic (exact) mass is 244 g/mol. The highest BCUT2D eigenvalue weighted by molar-refractivity contribution is 6.51. The summed E-state index contributed by atoms with van der Waals surface area (Å²) in [6.45, 7) is 8.27. The third-order valence-corrected chi connectivity index (χ3v) is 3.76. The fourth-order valence-electron chi connectivity index (χ4n) is 1.90. The molecule has 2 rings (SSSR count). The van der Waals surface area contributed by atoms with Crippen molar-refractivity contribution in [1.82, 2.24) is 0 Å². The van der Waals surface area contributed by atoms with Gasteiger partial charge in [0.05, 0.1) is 11.2 Å². The summed E-state index contributed by atoms with van der Waals surface area (Å²) in [5.41, 5.74) is 0.786. The molecule has 1 heterocycles. The number of benzene rings is 1. The minimum Gasteiger partial charge on any atom is -0.400 e. The first kappa shape index (κ1) is 13.4. The second kappa shape index (κ2) is 4.91. The van der Waals surface area contributed by atoms with E-state index < -0.39 is 0 Å². The Morgan fingerprint density at radius 1 is 1.00 bits per heavy atom. The lowest BCUT2D eigenvalue weighted by Crippen LogP contribution is -2.41. The molecule has 0 aliphatic carbocycles. The maximum Gasteiger partial charge on any atom is 0.486 e. The number of hydrogen-bond acceptors (Lipinski definition) is 2. The van der Waals surface area contributed by atoms with E-state index in [0.717, 1.165) is 6.42 Å². The van der Waals surface area contributed by atoms with Crippen LogP contribution in [0.5, 0.6) is 0 Å². The van der Waals surface area contributed by atoms with Crippen molar-refractivity contribution in [1.29, 1.82) is 0 Å². The van der Waals surface area contributed by atoms with Crippen molar-refractivity contribution in [2.24, 2.45) is 0 Å². The molecule has 0 spiro atoms. The summed E-state index contributed by atoms with van der Waals surface area (Å²) in [6.07, 6.45) is 3.02. The van der Waals surface area contributed by atoms with Crippen molar-refractivity contribution in [3.05, 3.63) is 47.9 Å². The van der Waals surface area contributed by atoms with E-state index in [2.05, 4.69) is 58.0 Å². The van der Waals surface area contributed by atoms with Gasteiger partial charge in [0.1, 0.15) is 0 Å². The van der Waals surface area contributed by atoms with Crippen molar-refractivity contribution >= 4 is 7.12 Å². The molecule has 1 aromatic carbocycles. The standard InChI is InChI=1S/C15H21BO2/c1-14(2)15(3,4)18-16(17-14)12-8-11-13-9-6-5-7-10-13/h5-10,12H,11H2,1-4H3/b12-8-. The van der Waals surface area contributed by atoms with Crippen LogP contribution in [0.15, 0.2) is 42.4 Å². The number of rotatable bonds is 3. The minimum atomic E-state index is -0.255. The summed E-state index contributed by atoms with van der Waals surface area (Å²) in [7, 11) is -0.237. The van der Waals surface area contributed by atoms with Crippen LogP contribution in [0.25, 0.3) is 0 Å². The van der Waals surface area contributed by atoms with Gasteiger partial charge in [0.2, 0.25) is 0 Å². The van der Waals surface area contributed by atoms with Crippen LogP contribution in [0, 0.1) is 0 Å². The number of hydrogen-bond donors (Lipinski definition) is 0. The van der Waals surface area contributed by atoms with Gasteiger partial charge in [-0.05, 0) is 39.7 Å². The summed E-state index contributed by atoms with van der Waals surface area (Å²) < 4.78 is 11.8. The molecule has 1 saturated heterocycles. The van der Waals surface area contributed by atoms with Crippen LogP contribution >= 0.6 is 0 Å². The van der Waals surface area contributed by atoms with Crippen LogP contribution in [-0.2, 0) is 15.7 Å². The quantitative estimate of drug-likeness (QED) is 0.758. The van der Waals surface area contributed by atoms with E-state index in [1.807, 2.05) is 12.0 Å². The SMILES string of the molecule is CC1(C)OB(/C=C\Cc2ccccc2)OC1(C)C. The Morgan fingerprint density at radius 3 is 2.11 bits per heavy atom. The average Bonchev–Trinajstić information content (AvgIpc) is 2.49. The number of allylic oxidation sites excluding steroid dienone is 1. The minimum absolute atomic E-state index is 0.237. The van der Waals surface area contributed by atoms with Crippen molar-refractivity contribution in [2.45, 2.75) is 45.3 Å². The van der Waals surface area contributed by atoms with Gasteiger partial charge in [-0.15, -0.1) is 0 Å². The summed E-state index contributed by atoms with van der Waals surface area (Å²) >= 11 is 0. The molecule has 1 fully saturated rings. The first-order chi connectivity index (χ1) is 8.41. The Hall–Kier alpha value is -1.06. The van der Waals surface area contributed by atoms with Gasteiger partial charge in [-0.3, -0.25) is 0 Å². The molecule has 1 aromatic rings. The van der Waals surface area contributed by atoms with Gasteiger partial charge >= 0.3 is 7.12 Å². The van der Waals surface area contributed by atoms with Gasteiger partial charge in [-0.1, -0.05) is 42.4 Å². The highest BCUT2D eigenvalue weighted by Gasteiger charge is 2.49. The largest absolute Gasteiger partial charge is 0.486 e. The van der Waals surface area contributed by atoms with E-state index in [4.69, 9.17) is 9.31 Å². The zero-order valence-corrected chi connectivity index (χ0v) is 11.6. The van der Waals surface area contributed by atoms with Crippen LogP contribution in [0.3, 0.4) is 0 Å². The summed E-state index contributed by atoms with van der Waals surface area (Å²) in [4.78, 5) is 0.